The molecular weight excluding hydrogens is 399 g/mol. The maximum atomic E-state index is 13.2. The van der Waals surface area contributed by atoms with E-state index in [1.54, 1.807) is 0 Å². The molecule has 0 spiro atoms. The molecule has 2 aromatic rings. The van der Waals surface area contributed by atoms with Gasteiger partial charge < -0.3 is 14.7 Å². The zero-order valence-corrected chi connectivity index (χ0v) is 14.4. The van der Waals surface area contributed by atoms with E-state index in [1.165, 1.54) is 18.2 Å². The summed E-state index contributed by atoms with van der Waals surface area (Å²) in [4.78, 5) is 12.9. The van der Waals surface area contributed by atoms with Crippen molar-refractivity contribution >= 4 is 15.9 Å². The average Bonchev–Trinajstić information content (AvgIpc) is 2.95. The van der Waals surface area contributed by atoms with Crippen LogP contribution in [0.15, 0.2) is 66.1 Å². The summed E-state index contributed by atoms with van der Waals surface area (Å²) in [5, 5.41) is 0. The predicted molar refractivity (Wildman–Crippen MR) is 91.6 cm³/mol. The number of ketones is 1. The predicted octanol–water partition coefficient (Wildman–Crippen LogP) is 3.02. The van der Waals surface area contributed by atoms with Gasteiger partial charge in [0.25, 0.3) is 0 Å². The first-order valence-corrected chi connectivity index (χ1v) is 8.70. The number of carbonyl (C=O) groups is 1. The number of hydrogen-bond donors (Lipinski definition) is 1. The van der Waals surface area contributed by atoms with Crippen LogP contribution in [-0.2, 0) is 35.7 Å². The van der Waals surface area contributed by atoms with E-state index >= 15 is 0 Å². The third kappa shape index (κ3) is 4.28. The van der Waals surface area contributed by atoms with E-state index in [0.717, 1.165) is 12.1 Å². The number of ether oxygens (including phenoxy) is 1. The molecule has 0 aliphatic carbocycles. The van der Waals surface area contributed by atoms with Crippen molar-refractivity contribution in [1.29, 1.82) is 0 Å². The Morgan fingerprint density at radius 2 is 1.82 bits per heavy atom. The van der Waals surface area contributed by atoms with Gasteiger partial charge in [-0.25, -0.2) is 0 Å². The lowest BCUT2D eigenvalue weighted by molar-refractivity contribution is -0.137. The van der Waals surface area contributed by atoms with Crippen LogP contribution >= 0.6 is 0 Å². The largest absolute Gasteiger partial charge is 0.460 e. The van der Waals surface area contributed by atoms with Gasteiger partial charge in [0.05, 0.1) is 15.2 Å². The summed E-state index contributed by atoms with van der Waals surface area (Å²) >= 11 is 0. The van der Waals surface area contributed by atoms with Crippen molar-refractivity contribution in [2.45, 2.75) is 18.0 Å². The molecule has 1 atom stereocenters. The lowest BCUT2D eigenvalue weighted by atomic mass is 10.0. The van der Waals surface area contributed by atoms with Gasteiger partial charge in [0, 0.05) is 5.56 Å². The molecule has 0 amide bonds. The summed E-state index contributed by atoms with van der Waals surface area (Å²) < 4.78 is 129. The number of nitrogens with two attached hydrogens (primary N) is 1. The lowest BCUT2D eigenvalue weighted by Crippen LogP contribution is -2.16. The van der Waals surface area contributed by atoms with E-state index in [4.69, 9.17) is 20.1 Å². The highest BCUT2D eigenvalue weighted by Crippen LogP contribution is 2.35. The van der Waals surface area contributed by atoms with Gasteiger partial charge in [0.1, 0.15) is 5.70 Å². The van der Waals surface area contributed by atoms with Crippen molar-refractivity contribution in [2.75, 3.05) is 0 Å². The second-order valence-electron chi connectivity index (χ2n) is 5.21. The summed E-state index contributed by atoms with van der Waals surface area (Å²) in [5.74, 6) is -4.42. The normalized spacial score (nSPS) is 24.2. The highest BCUT2D eigenvalue weighted by atomic mass is 32.2. The summed E-state index contributed by atoms with van der Waals surface area (Å²) in [6.45, 7) is 0. The Hall–Kier alpha value is -3.01. The van der Waals surface area contributed by atoms with Crippen molar-refractivity contribution in [3.8, 4) is 0 Å². The molecule has 0 aromatic heterocycles. The zero-order chi connectivity index (χ0) is 26.7. The minimum atomic E-state index is -5.36. The maximum absolute atomic E-state index is 13.2. The maximum Gasteiger partial charge on any atom is 0.416 e. The molecule has 1 unspecified atom stereocenters. The van der Waals surface area contributed by atoms with Gasteiger partial charge in [-0.1, -0.05) is 42.4 Å². The van der Waals surface area contributed by atoms with E-state index in [0.29, 0.717) is 0 Å². The molecule has 3 rings (SSSR count). The van der Waals surface area contributed by atoms with Crippen LogP contribution in [0.25, 0.3) is 0 Å². The van der Waals surface area contributed by atoms with Gasteiger partial charge in [-0.3, -0.25) is 4.79 Å². The summed E-state index contributed by atoms with van der Waals surface area (Å²) in [7, 11) is -5.36. The van der Waals surface area contributed by atoms with Gasteiger partial charge in [-0.2, -0.15) is 21.6 Å². The minimum Gasteiger partial charge on any atom is -0.460 e. The number of halogens is 3. The minimum absolute atomic E-state index is 0.398. The molecule has 0 bridgehead atoms. The first-order chi connectivity index (χ1) is 15.9. The molecule has 10 heteroatoms. The number of hydrogen-bond acceptors (Lipinski definition) is 6. The van der Waals surface area contributed by atoms with E-state index in [1.807, 2.05) is 0 Å². The van der Waals surface area contributed by atoms with Crippen LogP contribution in [0, 0.1) is 0 Å². The summed E-state index contributed by atoms with van der Waals surface area (Å²) in [6, 6.07) is 0.147. The van der Waals surface area contributed by atoms with Gasteiger partial charge >= 0.3 is 16.3 Å². The average molecular weight is 420 g/mol. The Morgan fingerprint density at radius 3 is 2.39 bits per heavy atom. The Morgan fingerprint density at radius 1 is 1.21 bits per heavy atom. The van der Waals surface area contributed by atoms with E-state index in [2.05, 4.69) is 4.18 Å². The number of alkyl halides is 3. The Labute approximate surface area is 168 Å². The third-order valence-corrected chi connectivity index (χ3v) is 4.07. The molecular formula is C18H14F3NO5S. The quantitative estimate of drug-likeness (QED) is 0.747. The van der Waals surface area contributed by atoms with Gasteiger partial charge in [0.2, 0.25) is 17.4 Å². The van der Waals surface area contributed by atoms with Crippen LogP contribution in [0.3, 0.4) is 0 Å². The van der Waals surface area contributed by atoms with Crippen molar-refractivity contribution in [2.24, 2.45) is 5.73 Å². The fraction of sp³-hybridized carbons (Fsp3) is 0.167. The smallest absolute Gasteiger partial charge is 0.416 e. The number of carbonyl (C=O) groups excluding carboxylic acids is 1. The van der Waals surface area contributed by atoms with Crippen molar-refractivity contribution < 1.29 is 44.9 Å². The molecule has 148 valence electrons. The molecule has 2 N–H and O–H groups in total. The zero-order valence-electron chi connectivity index (χ0n) is 20.5. The van der Waals surface area contributed by atoms with E-state index in [-0.39, 0.29) is 0 Å². The van der Waals surface area contributed by atoms with Crippen LogP contribution in [0.1, 0.15) is 32.4 Å². The number of rotatable bonds is 5. The van der Waals surface area contributed by atoms with E-state index in [9.17, 15) is 26.4 Å². The highest BCUT2D eigenvalue weighted by Gasteiger charge is 2.40. The number of Topliss-reactive ketones (excluding diaryl/α,β-unsaturated/α-hetero) is 1. The second kappa shape index (κ2) is 7.19. The van der Waals surface area contributed by atoms with E-state index < -0.39 is 86.4 Å². The monoisotopic (exact) mass is 420 g/mol. The van der Waals surface area contributed by atoms with Crippen molar-refractivity contribution in [1.82, 2.24) is 0 Å². The molecule has 0 saturated carbocycles. The summed E-state index contributed by atoms with van der Waals surface area (Å²) in [5.41, 5.74) is -1.42. The third-order valence-electron chi connectivity index (χ3n) is 3.19. The molecule has 1 heterocycles. The van der Waals surface area contributed by atoms with Crippen molar-refractivity contribution in [3.63, 3.8) is 0 Å². The molecule has 0 saturated heterocycles. The first kappa shape index (κ1) is 12.4. The Balaban J connectivity index is 2.08. The van der Waals surface area contributed by atoms with Crippen LogP contribution in [0.4, 0.5) is 13.2 Å². The Bertz CT molecular complexity index is 1340. The van der Waals surface area contributed by atoms with Crippen molar-refractivity contribution in [3.05, 3.63) is 82.8 Å². The van der Waals surface area contributed by atoms with Gasteiger partial charge in [0.15, 0.2) is 6.08 Å². The van der Waals surface area contributed by atoms with Gasteiger partial charge in [-0.15, -0.1) is 0 Å². The second-order valence-corrected chi connectivity index (χ2v) is 6.49. The molecule has 6 nitrogen and oxygen atoms in total. The van der Waals surface area contributed by atoms with Crippen LogP contribution in [-0.4, -0.2) is 14.2 Å². The fourth-order valence-corrected chi connectivity index (χ4v) is 2.85. The lowest BCUT2D eigenvalue weighted by Gasteiger charge is -2.12. The molecule has 2 aromatic carbocycles. The van der Waals surface area contributed by atoms with Crippen LogP contribution < -0.4 is 5.73 Å². The van der Waals surface area contributed by atoms with Gasteiger partial charge in [-0.05, 0) is 17.6 Å². The SMILES string of the molecule is [2H]c1c([2H])c(C2([2H])OC(N)=C(OS(=O)(=O)C([2H])([2H])c3ccccc3)C2=O)c([2H])c([2H])c1C(F)(F)F. The standard InChI is InChI=1S/C18H14F3NO5S/c19-18(20,21)13-8-6-12(7-9-13)15-14(23)16(17(22)26-15)27-28(24,25)10-11-4-2-1-3-5-11/h1-9,15H,10,22H2/i6D,7D,8D,9D,10D2,15D. The number of benzene rings is 2. The molecule has 1 aliphatic rings. The highest BCUT2D eigenvalue weighted by molar-refractivity contribution is 7.86. The fourth-order valence-electron chi connectivity index (χ4n) is 2.01. The molecule has 0 radical (unpaired) electrons. The molecule has 28 heavy (non-hydrogen) atoms. The molecule has 1 aliphatic heterocycles. The van der Waals surface area contributed by atoms with Crippen LogP contribution in [0.2, 0.25) is 0 Å². The van der Waals surface area contributed by atoms with Crippen LogP contribution in [0.5, 0.6) is 0 Å². The topological polar surface area (TPSA) is 95.7 Å². The first-order valence-electron chi connectivity index (χ1n) is 10.8. The Kier molecular flexibility index (Phi) is 3.20. The molecule has 0 fully saturated rings. The summed E-state index contributed by atoms with van der Waals surface area (Å²) in [6.07, 6.45) is -8.67.